The molecule has 0 aliphatic carbocycles. The van der Waals surface area contributed by atoms with Crippen LogP contribution in [0.15, 0.2) is 67.1 Å². The Morgan fingerprint density at radius 1 is 0.846 bits per heavy atom. The maximum Gasteiger partial charge on any atom is 0.272 e. The minimum Gasteiger partial charge on any atom is -0.491 e. The van der Waals surface area contributed by atoms with Gasteiger partial charge in [0.25, 0.3) is 5.91 Å². The zero-order chi connectivity index (χ0) is 26.4. The molecule has 0 unspecified atom stereocenters. The van der Waals surface area contributed by atoms with Gasteiger partial charge in [-0.05, 0) is 60.9 Å². The molecule has 9 nitrogen and oxygen atoms in total. The van der Waals surface area contributed by atoms with E-state index in [9.17, 15) is 4.79 Å². The van der Waals surface area contributed by atoms with Gasteiger partial charge in [0.15, 0.2) is 0 Å². The normalized spacial score (nSPS) is 16.5. The third-order valence-corrected chi connectivity index (χ3v) is 7.15. The highest BCUT2D eigenvalue weighted by Crippen LogP contribution is 2.26. The molecule has 9 heteroatoms. The molecule has 0 spiro atoms. The first-order valence-corrected chi connectivity index (χ1v) is 13.5. The van der Waals surface area contributed by atoms with E-state index in [1.807, 2.05) is 54.9 Å². The fraction of sp³-hybridized carbons (Fsp3) is 0.367. The van der Waals surface area contributed by atoms with Crippen LogP contribution in [0.1, 0.15) is 23.3 Å². The number of carbonyl (C=O) groups excluding carboxylic acids is 1. The van der Waals surface area contributed by atoms with E-state index in [4.69, 9.17) is 18.9 Å². The lowest BCUT2D eigenvalue weighted by Crippen LogP contribution is -2.41. The molecule has 2 aliphatic heterocycles. The molecule has 0 N–H and O–H groups in total. The Labute approximate surface area is 227 Å². The van der Waals surface area contributed by atoms with E-state index in [-0.39, 0.29) is 12.0 Å². The molecule has 1 amide bonds. The molecule has 0 atom stereocenters. The highest BCUT2D eigenvalue weighted by molar-refractivity contribution is 5.92. The number of nitrogens with zero attached hydrogens (tertiary/aromatic N) is 4. The van der Waals surface area contributed by atoms with Gasteiger partial charge in [0.05, 0.1) is 37.8 Å². The lowest BCUT2D eigenvalue weighted by Gasteiger charge is -2.26. The molecular weight excluding hydrogens is 496 g/mol. The van der Waals surface area contributed by atoms with Crippen molar-refractivity contribution in [1.29, 1.82) is 0 Å². The van der Waals surface area contributed by atoms with Gasteiger partial charge in [-0.25, -0.2) is 4.98 Å². The second-order valence-corrected chi connectivity index (χ2v) is 9.68. The average molecular weight is 529 g/mol. The van der Waals surface area contributed by atoms with E-state index in [1.54, 1.807) is 17.2 Å². The highest BCUT2D eigenvalue weighted by Gasteiger charge is 2.19. The molecule has 0 radical (unpaired) electrons. The minimum absolute atomic E-state index is 0.0575. The van der Waals surface area contributed by atoms with Crippen LogP contribution in [0.3, 0.4) is 0 Å². The molecule has 0 saturated carbocycles. The SMILES string of the molecule is O=C(c1ccc(-c2ccn3c(-c4ccc(OCCOC5CCOCC5)cc4)cnc3c2)cn1)N1CCOCC1. The van der Waals surface area contributed by atoms with Crippen molar-refractivity contribution >= 4 is 11.6 Å². The number of hydrogen-bond acceptors (Lipinski definition) is 7. The van der Waals surface area contributed by atoms with Crippen LogP contribution in [0.25, 0.3) is 28.0 Å². The van der Waals surface area contributed by atoms with Crippen LogP contribution in [0.5, 0.6) is 5.75 Å². The summed E-state index contributed by atoms with van der Waals surface area (Å²) in [6.07, 6.45) is 7.82. The standard InChI is InChI=1S/C30H32N4O5/c35-30(33-11-15-37-16-12-33)27-6-3-24(20-31-27)23-7-10-34-28(21-32-29(34)19-23)22-1-4-25(5-2-22)38-17-18-39-26-8-13-36-14-9-26/h1-7,10,19-21,26H,8-9,11-18H2. The molecule has 3 aromatic heterocycles. The van der Waals surface area contributed by atoms with Gasteiger partial charge in [0.2, 0.25) is 0 Å². The topological polar surface area (TPSA) is 87.4 Å². The average Bonchev–Trinajstić information content (AvgIpc) is 3.44. The maximum absolute atomic E-state index is 12.7. The molecule has 39 heavy (non-hydrogen) atoms. The lowest BCUT2D eigenvalue weighted by atomic mass is 10.1. The van der Waals surface area contributed by atoms with E-state index in [0.29, 0.717) is 45.2 Å². The first-order valence-electron chi connectivity index (χ1n) is 13.5. The molecule has 6 rings (SSSR count). The first kappa shape index (κ1) is 25.5. The van der Waals surface area contributed by atoms with Gasteiger partial charge < -0.3 is 23.8 Å². The quantitative estimate of drug-likeness (QED) is 0.318. The Balaban J connectivity index is 1.08. The molecule has 2 fully saturated rings. The number of carbonyl (C=O) groups is 1. The Bertz CT molecular complexity index is 1390. The highest BCUT2D eigenvalue weighted by atomic mass is 16.5. The number of amides is 1. The van der Waals surface area contributed by atoms with Crippen molar-refractivity contribution in [2.75, 3.05) is 52.7 Å². The number of imidazole rings is 1. The predicted molar refractivity (Wildman–Crippen MR) is 146 cm³/mol. The summed E-state index contributed by atoms with van der Waals surface area (Å²) in [7, 11) is 0. The van der Waals surface area contributed by atoms with E-state index in [1.165, 1.54) is 0 Å². The summed E-state index contributed by atoms with van der Waals surface area (Å²) in [4.78, 5) is 23.5. The zero-order valence-corrected chi connectivity index (χ0v) is 21.8. The third kappa shape index (κ3) is 5.95. The number of fused-ring (bicyclic) bond motifs is 1. The van der Waals surface area contributed by atoms with Gasteiger partial charge in [-0.2, -0.15) is 0 Å². The summed E-state index contributed by atoms with van der Waals surface area (Å²) in [6.45, 7) is 4.99. The summed E-state index contributed by atoms with van der Waals surface area (Å²) >= 11 is 0. The number of ether oxygens (including phenoxy) is 4. The van der Waals surface area contributed by atoms with Crippen LogP contribution >= 0.6 is 0 Å². The molecule has 5 heterocycles. The van der Waals surface area contributed by atoms with Gasteiger partial charge in [0, 0.05) is 49.8 Å². The van der Waals surface area contributed by atoms with Gasteiger partial charge in [-0.1, -0.05) is 6.07 Å². The second-order valence-electron chi connectivity index (χ2n) is 9.68. The van der Waals surface area contributed by atoms with Crippen molar-refractivity contribution < 1.29 is 23.7 Å². The van der Waals surface area contributed by atoms with Crippen molar-refractivity contribution in [2.45, 2.75) is 18.9 Å². The van der Waals surface area contributed by atoms with Gasteiger partial charge in [-0.3, -0.25) is 14.2 Å². The van der Waals surface area contributed by atoms with Crippen molar-refractivity contribution in [2.24, 2.45) is 0 Å². The van der Waals surface area contributed by atoms with Crippen LogP contribution < -0.4 is 4.74 Å². The van der Waals surface area contributed by atoms with Gasteiger partial charge in [-0.15, -0.1) is 0 Å². The molecule has 202 valence electrons. The van der Waals surface area contributed by atoms with Crippen LogP contribution in [-0.2, 0) is 14.2 Å². The fourth-order valence-electron chi connectivity index (χ4n) is 4.93. The largest absolute Gasteiger partial charge is 0.491 e. The Hall–Kier alpha value is -3.79. The van der Waals surface area contributed by atoms with Crippen molar-refractivity contribution in [1.82, 2.24) is 19.3 Å². The lowest BCUT2D eigenvalue weighted by molar-refractivity contribution is -0.0388. The van der Waals surface area contributed by atoms with Crippen LogP contribution in [0, 0.1) is 0 Å². The van der Waals surface area contributed by atoms with E-state index in [2.05, 4.69) is 14.4 Å². The summed E-state index contributed by atoms with van der Waals surface area (Å²) in [5.74, 6) is 0.756. The van der Waals surface area contributed by atoms with Crippen LogP contribution in [0.2, 0.25) is 0 Å². The Morgan fingerprint density at radius 2 is 1.62 bits per heavy atom. The maximum atomic E-state index is 12.7. The predicted octanol–water partition coefficient (Wildman–Crippen LogP) is 4.11. The Kier molecular flexibility index (Phi) is 7.80. The van der Waals surface area contributed by atoms with Crippen LogP contribution in [0.4, 0.5) is 0 Å². The Morgan fingerprint density at radius 3 is 2.38 bits per heavy atom. The summed E-state index contributed by atoms with van der Waals surface area (Å²) in [5.41, 5.74) is 5.25. The molecule has 2 aliphatic rings. The van der Waals surface area contributed by atoms with Gasteiger partial charge in [0.1, 0.15) is 23.7 Å². The first-order chi connectivity index (χ1) is 19.2. The van der Waals surface area contributed by atoms with Crippen molar-refractivity contribution in [3.8, 4) is 28.1 Å². The zero-order valence-electron chi connectivity index (χ0n) is 21.8. The summed E-state index contributed by atoms with van der Waals surface area (Å²) in [5, 5.41) is 0. The number of rotatable bonds is 8. The van der Waals surface area contributed by atoms with Gasteiger partial charge >= 0.3 is 0 Å². The number of aromatic nitrogens is 3. The van der Waals surface area contributed by atoms with Crippen LogP contribution in [-0.4, -0.2) is 84.0 Å². The molecular formula is C30H32N4O5. The van der Waals surface area contributed by atoms with E-state index >= 15 is 0 Å². The monoisotopic (exact) mass is 528 g/mol. The fourth-order valence-corrected chi connectivity index (χ4v) is 4.93. The van der Waals surface area contributed by atoms with E-state index < -0.39 is 0 Å². The molecule has 2 saturated heterocycles. The van der Waals surface area contributed by atoms with E-state index in [0.717, 1.165) is 59.8 Å². The third-order valence-electron chi connectivity index (χ3n) is 7.15. The smallest absolute Gasteiger partial charge is 0.272 e. The summed E-state index contributed by atoms with van der Waals surface area (Å²) in [6, 6.07) is 15.8. The van der Waals surface area contributed by atoms with Crippen molar-refractivity contribution in [3.63, 3.8) is 0 Å². The molecule has 0 bridgehead atoms. The van der Waals surface area contributed by atoms with Crippen molar-refractivity contribution in [3.05, 3.63) is 72.8 Å². The number of morpholine rings is 1. The number of pyridine rings is 2. The number of hydrogen-bond donors (Lipinski definition) is 0. The second kappa shape index (κ2) is 11.9. The molecule has 1 aromatic carbocycles. The summed E-state index contributed by atoms with van der Waals surface area (Å²) < 4.78 is 24.5. The minimum atomic E-state index is -0.0575. The molecule has 4 aromatic rings. The number of benzene rings is 1.